The molecule has 1 atom stereocenters. The van der Waals surface area contributed by atoms with Gasteiger partial charge in [-0.1, -0.05) is 13.0 Å². The molecule has 1 aromatic rings. The Morgan fingerprint density at radius 2 is 1.74 bits per heavy atom. The summed E-state index contributed by atoms with van der Waals surface area (Å²) < 4.78 is 78.6. The van der Waals surface area contributed by atoms with Gasteiger partial charge in [-0.05, 0) is 6.07 Å². The van der Waals surface area contributed by atoms with E-state index in [4.69, 9.17) is 0 Å². The molecule has 0 bridgehead atoms. The van der Waals surface area contributed by atoms with Crippen molar-refractivity contribution in [3.05, 3.63) is 23.8 Å². The Morgan fingerprint density at radius 1 is 1.15 bits per heavy atom. The van der Waals surface area contributed by atoms with Gasteiger partial charge < -0.3 is 10.4 Å². The van der Waals surface area contributed by atoms with Crippen molar-refractivity contribution in [1.29, 1.82) is 0 Å². The van der Waals surface area contributed by atoms with Crippen LogP contribution in [0.5, 0.6) is 0 Å². The van der Waals surface area contributed by atoms with Crippen LogP contribution in [0.3, 0.4) is 0 Å². The molecule has 0 radical (unpaired) electrons. The zero-order chi connectivity index (χ0) is 20.6. The molecular formula is C16H16F6NO3S+. The van der Waals surface area contributed by atoms with Crippen LogP contribution in [0.2, 0.25) is 0 Å². The highest BCUT2D eigenvalue weighted by atomic mass is 32.2. The maximum Gasteiger partial charge on any atom is 0.430 e. The summed E-state index contributed by atoms with van der Waals surface area (Å²) in [5.41, 5.74) is -6.28. The molecule has 2 N–H and O–H groups in total. The van der Waals surface area contributed by atoms with Gasteiger partial charge in [0.25, 0.3) is 5.60 Å². The van der Waals surface area contributed by atoms with E-state index in [1.54, 1.807) is 6.92 Å². The van der Waals surface area contributed by atoms with Crippen LogP contribution >= 0.6 is 0 Å². The van der Waals surface area contributed by atoms with Gasteiger partial charge in [-0.25, -0.2) is 4.79 Å². The summed E-state index contributed by atoms with van der Waals surface area (Å²) >= 11 is 0. The van der Waals surface area contributed by atoms with E-state index in [0.29, 0.717) is 12.1 Å². The third-order valence-electron chi connectivity index (χ3n) is 4.12. The molecule has 0 saturated heterocycles. The van der Waals surface area contributed by atoms with Crippen molar-refractivity contribution in [1.82, 2.24) is 0 Å². The first kappa shape index (κ1) is 21.5. The highest BCUT2D eigenvalue weighted by Gasteiger charge is 2.71. The molecule has 150 valence electrons. The molecule has 0 aliphatic carbocycles. The van der Waals surface area contributed by atoms with Crippen molar-refractivity contribution in [2.24, 2.45) is 0 Å². The number of hydrogen-bond donors (Lipinski definition) is 2. The van der Waals surface area contributed by atoms with Crippen molar-refractivity contribution >= 4 is 27.5 Å². The van der Waals surface area contributed by atoms with Gasteiger partial charge in [0.2, 0.25) is 0 Å². The van der Waals surface area contributed by atoms with E-state index < -0.39 is 45.9 Å². The lowest BCUT2D eigenvalue weighted by Gasteiger charge is -2.33. The van der Waals surface area contributed by atoms with Gasteiger partial charge in [0.05, 0.1) is 12.2 Å². The lowest BCUT2D eigenvalue weighted by atomic mass is 9.92. The molecule has 27 heavy (non-hydrogen) atoms. The molecule has 0 amide bonds. The molecule has 1 aliphatic heterocycles. The zero-order valence-corrected chi connectivity index (χ0v) is 14.8. The van der Waals surface area contributed by atoms with Crippen LogP contribution in [0.4, 0.5) is 32.0 Å². The average Bonchev–Trinajstić information content (AvgIpc) is 2.57. The minimum Gasteiger partial charge on any atom is -0.376 e. The first-order valence-corrected chi connectivity index (χ1v) is 9.22. The maximum atomic E-state index is 13.1. The second kappa shape index (κ2) is 7.34. The van der Waals surface area contributed by atoms with Crippen LogP contribution in [0.1, 0.15) is 25.3 Å². The third-order valence-corrected chi connectivity index (χ3v) is 6.29. The number of carbonyl (C=O) groups is 2. The standard InChI is InChI=1S/C16H16F6NO3S/c1-2-10(24)8-13(25)27-6-5-23-11-4-3-9(7-12(11)27)14(26,15(17,18)19)16(20,21)22/h3-4,7,23,26H,2,5-6,8H2,1H3/q+1. The van der Waals surface area contributed by atoms with Crippen LogP contribution < -0.4 is 5.32 Å². The molecule has 1 aromatic carbocycles. The largest absolute Gasteiger partial charge is 0.430 e. The second-order valence-electron chi connectivity index (χ2n) is 5.88. The molecule has 2 rings (SSSR count). The monoisotopic (exact) mass is 416 g/mol. The SMILES string of the molecule is CCC(=O)CC(=O)[S+]1CCNc2ccc(C(O)(C(F)(F)F)C(F)(F)F)cc21. The molecule has 0 saturated carbocycles. The fraction of sp³-hybridized carbons (Fsp3) is 0.500. The minimum atomic E-state index is -6.01. The topological polar surface area (TPSA) is 66.4 Å². The average molecular weight is 416 g/mol. The summed E-state index contributed by atoms with van der Waals surface area (Å²) in [5.74, 6) is -0.228. The number of aliphatic hydroxyl groups is 1. The normalized spacial score (nSPS) is 17.9. The van der Waals surface area contributed by atoms with Gasteiger partial charge in [-0.2, -0.15) is 26.3 Å². The van der Waals surface area contributed by atoms with Crippen molar-refractivity contribution in [3.63, 3.8) is 0 Å². The summed E-state index contributed by atoms with van der Waals surface area (Å²) in [7, 11) is -1.35. The fourth-order valence-corrected chi connectivity index (χ4v) is 4.60. The van der Waals surface area contributed by atoms with E-state index in [0.717, 1.165) is 6.07 Å². The molecule has 0 aromatic heterocycles. The highest BCUT2D eigenvalue weighted by Crippen LogP contribution is 2.51. The lowest BCUT2D eigenvalue weighted by Crippen LogP contribution is -2.54. The summed E-state index contributed by atoms with van der Waals surface area (Å²) in [6, 6.07) is 2.06. The molecule has 0 spiro atoms. The Hall–Kier alpha value is -1.75. The number of ketones is 1. The van der Waals surface area contributed by atoms with Gasteiger partial charge in [0, 0.05) is 18.1 Å². The number of hydrogen-bond acceptors (Lipinski definition) is 4. The number of rotatable bonds is 4. The van der Waals surface area contributed by atoms with E-state index in [1.165, 1.54) is 0 Å². The first-order chi connectivity index (χ1) is 12.3. The number of anilines is 1. The van der Waals surface area contributed by atoms with E-state index in [9.17, 15) is 41.0 Å². The highest BCUT2D eigenvalue weighted by molar-refractivity contribution is 8.11. The summed E-state index contributed by atoms with van der Waals surface area (Å²) in [6.07, 6.45) is -12.4. The number of carbonyl (C=O) groups excluding carboxylic acids is 2. The number of halogens is 6. The summed E-state index contributed by atoms with van der Waals surface area (Å²) in [5, 5.41) is 11.8. The minimum absolute atomic E-state index is 0.0698. The van der Waals surface area contributed by atoms with Crippen LogP contribution in [-0.2, 0) is 26.1 Å². The predicted octanol–water partition coefficient (Wildman–Crippen LogP) is 3.30. The lowest BCUT2D eigenvalue weighted by molar-refractivity contribution is -0.376. The van der Waals surface area contributed by atoms with Crippen molar-refractivity contribution in [3.8, 4) is 0 Å². The first-order valence-electron chi connectivity index (χ1n) is 7.82. The van der Waals surface area contributed by atoms with Gasteiger partial charge in [0.1, 0.15) is 28.9 Å². The van der Waals surface area contributed by atoms with Gasteiger partial charge in [0.15, 0.2) is 4.90 Å². The number of alkyl halides is 6. The molecule has 4 nitrogen and oxygen atoms in total. The van der Waals surface area contributed by atoms with Crippen molar-refractivity contribution in [2.75, 3.05) is 17.6 Å². The van der Waals surface area contributed by atoms with Gasteiger partial charge in [-0.3, -0.25) is 4.79 Å². The van der Waals surface area contributed by atoms with Gasteiger partial charge >= 0.3 is 17.5 Å². The Labute approximate surface area is 153 Å². The Balaban J connectivity index is 2.54. The Morgan fingerprint density at radius 3 is 2.26 bits per heavy atom. The summed E-state index contributed by atoms with van der Waals surface area (Å²) in [6.45, 7) is 1.82. The van der Waals surface area contributed by atoms with Crippen LogP contribution in [0.25, 0.3) is 0 Å². The summed E-state index contributed by atoms with van der Waals surface area (Å²) in [4.78, 5) is 23.8. The second-order valence-corrected chi connectivity index (χ2v) is 7.96. The van der Waals surface area contributed by atoms with E-state index in [-0.39, 0.29) is 35.1 Å². The number of benzene rings is 1. The zero-order valence-electron chi connectivity index (χ0n) is 14.0. The Kier molecular flexibility index (Phi) is 5.86. The quantitative estimate of drug-likeness (QED) is 0.449. The van der Waals surface area contributed by atoms with Crippen LogP contribution in [-0.4, -0.2) is 40.7 Å². The van der Waals surface area contributed by atoms with E-state index >= 15 is 0 Å². The smallest absolute Gasteiger partial charge is 0.376 e. The molecule has 1 aliphatic rings. The Bertz CT molecular complexity index is 733. The molecule has 1 heterocycles. The van der Waals surface area contributed by atoms with Crippen molar-refractivity contribution in [2.45, 2.75) is 42.6 Å². The van der Waals surface area contributed by atoms with Crippen molar-refractivity contribution < 1.29 is 41.0 Å². The van der Waals surface area contributed by atoms with Crippen LogP contribution in [0.15, 0.2) is 23.1 Å². The fourth-order valence-electron chi connectivity index (χ4n) is 2.59. The van der Waals surface area contributed by atoms with E-state index in [1.807, 2.05) is 0 Å². The third kappa shape index (κ3) is 3.93. The maximum absolute atomic E-state index is 13.1. The molecule has 1 unspecified atom stereocenters. The number of Topliss-reactive ketones (excluding diaryl/α,β-unsaturated/α-hetero) is 1. The number of nitrogens with one attached hydrogen (secondary N) is 1. The predicted molar refractivity (Wildman–Crippen MR) is 86.4 cm³/mol. The van der Waals surface area contributed by atoms with E-state index in [2.05, 4.69) is 5.32 Å². The molecule has 11 heteroatoms. The molecular weight excluding hydrogens is 400 g/mol. The van der Waals surface area contributed by atoms with Gasteiger partial charge in [-0.15, -0.1) is 0 Å². The number of fused-ring (bicyclic) bond motifs is 1. The molecule has 0 fully saturated rings. The van der Waals surface area contributed by atoms with Crippen LogP contribution in [0, 0.1) is 0 Å².